The molecule has 0 aliphatic rings. The maximum atomic E-state index is 2.73. The van der Waals surface area contributed by atoms with E-state index in [1.807, 2.05) is 0 Å². The van der Waals surface area contributed by atoms with Crippen LogP contribution in [0, 0.1) is 0 Å². The van der Waals surface area contributed by atoms with Crippen LogP contribution in [0.25, 0.3) is 75.8 Å². The fourth-order valence-electron chi connectivity index (χ4n) is 14.1. The topological polar surface area (TPSA) is 0 Å². The zero-order valence-corrected chi connectivity index (χ0v) is 47.7. The van der Waals surface area contributed by atoms with Gasteiger partial charge in [-0.15, -0.1) is 0 Å². The third-order valence-corrected chi connectivity index (χ3v) is 16.8. The van der Waals surface area contributed by atoms with Crippen LogP contribution >= 0.6 is 0 Å². The zero-order valence-electron chi connectivity index (χ0n) is 47.7. The van der Waals surface area contributed by atoms with E-state index < -0.39 is 0 Å². The van der Waals surface area contributed by atoms with E-state index in [1.165, 1.54) is 144 Å². The van der Waals surface area contributed by atoms with Crippen LogP contribution in [-0.4, -0.2) is 0 Å². The molecule has 0 heterocycles. The molecule has 0 amide bonds. The van der Waals surface area contributed by atoms with Crippen molar-refractivity contribution in [1.29, 1.82) is 0 Å². The van der Waals surface area contributed by atoms with Gasteiger partial charge in [-0.25, -0.2) is 0 Å². The lowest BCUT2D eigenvalue weighted by molar-refractivity contribution is 0.810. The lowest BCUT2D eigenvalue weighted by atomic mass is 9.79. The fourth-order valence-corrected chi connectivity index (χ4v) is 14.1. The summed E-state index contributed by atoms with van der Waals surface area (Å²) in [6, 6.07) is 26.2. The number of rotatable bonds is 25. The zero-order chi connectivity index (χ0) is 51.1. The lowest BCUT2D eigenvalue weighted by Crippen LogP contribution is -2.08. The van der Waals surface area contributed by atoms with Crippen LogP contribution < -0.4 is 0 Å². The van der Waals surface area contributed by atoms with E-state index >= 15 is 0 Å². The van der Waals surface area contributed by atoms with Crippen LogP contribution in [0.3, 0.4) is 0 Å². The largest absolute Gasteiger partial charge is 0.0651 e. The molecule has 0 saturated carbocycles. The van der Waals surface area contributed by atoms with E-state index in [1.54, 1.807) is 88.3 Å². The van der Waals surface area contributed by atoms with Gasteiger partial charge in [0.2, 0.25) is 0 Å². The summed E-state index contributed by atoms with van der Waals surface area (Å²) in [5, 5.41) is 18.2. The summed E-state index contributed by atoms with van der Waals surface area (Å²) in [6.07, 6.45) is 27.9. The van der Waals surface area contributed by atoms with Crippen molar-refractivity contribution in [2.75, 3.05) is 0 Å². The Bertz CT molecular complexity index is 2990. The molecule has 0 aliphatic heterocycles. The van der Waals surface area contributed by atoms with Gasteiger partial charge < -0.3 is 0 Å². The molecule has 0 heteroatoms. The van der Waals surface area contributed by atoms with E-state index in [9.17, 15) is 0 Å². The van der Waals surface area contributed by atoms with Crippen molar-refractivity contribution in [2.45, 2.75) is 237 Å². The second-order valence-corrected chi connectivity index (χ2v) is 22.2. The van der Waals surface area contributed by atoms with Crippen molar-refractivity contribution in [3.8, 4) is 11.1 Å². The van der Waals surface area contributed by atoms with Crippen LogP contribution in [0.1, 0.15) is 227 Å². The molecule has 8 aromatic rings. The molecule has 0 saturated heterocycles. The van der Waals surface area contributed by atoms with Crippen LogP contribution in [-0.2, 0) is 77.0 Å². The highest BCUT2D eigenvalue weighted by Gasteiger charge is 2.24. The van der Waals surface area contributed by atoms with Gasteiger partial charge in [-0.2, -0.15) is 0 Å². The van der Waals surface area contributed by atoms with Crippen molar-refractivity contribution in [1.82, 2.24) is 0 Å². The first-order valence-electron chi connectivity index (χ1n) is 30.3. The van der Waals surface area contributed by atoms with Crippen LogP contribution in [0.4, 0.5) is 0 Å². The SMILES string of the molecule is CCCc1c(CCC)c(CCC)c2cc3c(CCC)c4cc(-c5ccc6c(CCC)c7cc8c(CCC)c(CCC)c(CCC)c(CCC)c8cc7c(CCC)c6c5)ccc4c(CCC)c3cc2c1CCC. The first-order valence-corrected chi connectivity index (χ1v) is 30.3. The molecule has 0 N–H and O–H groups in total. The third kappa shape index (κ3) is 9.89. The molecule has 0 nitrogen and oxygen atoms in total. The van der Waals surface area contributed by atoms with Gasteiger partial charge in [0.05, 0.1) is 0 Å². The Hall–Kier alpha value is -4.68. The average molecular weight is 960 g/mol. The Kier molecular flexibility index (Phi) is 18.3. The Labute approximate surface area is 438 Å². The molecule has 0 atom stereocenters. The number of benzene rings is 8. The third-order valence-electron chi connectivity index (χ3n) is 16.8. The molecule has 0 unspecified atom stereocenters. The maximum Gasteiger partial charge on any atom is -0.0136 e. The lowest BCUT2D eigenvalue weighted by Gasteiger charge is -2.25. The molecule has 0 bridgehead atoms. The van der Waals surface area contributed by atoms with Gasteiger partial charge in [-0.3, -0.25) is 0 Å². The van der Waals surface area contributed by atoms with Gasteiger partial charge in [0.1, 0.15) is 0 Å². The highest BCUT2D eigenvalue weighted by atomic mass is 14.3. The normalized spacial score (nSPS) is 12.1. The number of aryl methyl sites for hydroxylation is 8. The van der Waals surface area contributed by atoms with E-state index in [0.717, 1.165) is 64.2 Å². The Morgan fingerprint density at radius 1 is 0.167 bits per heavy atom. The van der Waals surface area contributed by atoms with Crippen molar-refractivity contribution >= 4 is 64.6 Å². The first kappa shape index (κ1) is 53.6. The van der Waals surface area contributed by atoms with Gasteiger partial charge in [0.15, 0.2) is 0 Å². The summed E-state index contributed by atoms with van der Waals surface area (Å²) >= 11 is 0. The Morgan fingerprint density at radius 3 is 0.556 bits per heavy atom. The van der Waals surface area contributed by atoms with Crippen molar-refractivity contribution in [3.05, 3.63) is 127 Å². The van der Waals surface area contributed by atoms with E-state index in [4.69, 9.17) is 0 Å². The minimum absolute atomic E-state index is 1.09. The highest BCUT2D eigenvalue weighted by molar-refractivity contribution is 6.14. The maximum absolute atomic E-state index is 2.73. The molecular weight excluding hydrogens is 865 g/mol. The molecular formula is C72H94. The molecule has 0 aliphatic carbocycles. The highest BCUT2D eigenvalue weighted by Crippen LogP contribution is 2.45. The van der Waals surface area contributed by atoms with E-state index in [-0.39, 0.29) is 0 Å². The quantitative estimate of drug-likeness (QED) is 0.0501. The van der Waals surface area contributed by atoms with E-state index in [2.05, 4.69) is 144 Å². The fraction of sp³-hybridized carbons (Fsp3) is 0.500. The number of hydrogen-bond acceptors (Lipinski definition) is 0. The first-order chi connectivity index (χ1) is 35.2. The van der Waals surface area contributed by atoms with Gasteiger partial charge in [-0.1, -0.05) is 184 Å². The second kappa shape index (κ2) is 24.6. The van der Waals surface area contributed by atoms with Gasteiger partial charge in [-0.05, 0) is 256 Å². The summed E-state index contributed by atoms with van der Waals surface area (Å²) in [6.45, 7) is 28.7. The van der Waals surface area contributed by atoms with Crippen LogP contribution in [0.15, 0.2) is 60.7 Å². The van der Waals surface area contributed by atoms with Crippen molar-refractivity contribution in [3.63, 3.8) is 0 Å². The molecule has 8 rings (SSSR count). The Morgan fingerprint density at radius 2 is 0.333 bits per heavy atom. The molecule has 8 aromatic carbocycles. The summed E-state index contributed by atoms with van der Waals surface area (Å²) < 4.78 is 0. The average Bonchev–Trinajstić information content (AvgIpc) is 3.39. The van der Waals surface area contributed by atoms with E-state index in [0.29, 0.717) is 0 Å². The van der Waals surface area contributed by atoms with Gasteiger partial charge in [0.25, 0.3) is 0 Å². The Balaban J connectivity index is 1.44. The summed E-state index contributed by atoms with van der Waals surface area (Å²) in [5.41, 5.74) is 22.3. The minimum atomic E-state index is 1.09. The number of fused-ring (bicyclic) bond motifs is 6. The van der Waals surface area contributed by atoms with Crippen molar-refractivity contribution < 1.29 is 0 Å². The molecule has 0 fully saturated rings. The van der Waals surface area contributed by atoms with Crippen LogP contribution in [0.2, 0.25) is 0 Å². The van der Waals surface area contributed by atoms with Gasteiger partial charge >= 0.3 is 0 Å². The summed E-state index contributed by atoms with van der Waals surface area (Å²) in [7, 11) is 0. The molecule has 0 aromatic heterocycles. The predicted octanol–water partition coefficient (Wildman–Crippen LogP) is 21.7. The monoisotopic (exact) mass is 959 g/mol. The second-order valence-electron chi connectivity index (χ2n) is 22.2. The van der Waals surface area contributed by atoms with Gasteiger partial charge in [0, 0.05) is 0 Å². The standard InChI is InChI=1S/C72H94/c1-13-25-49-51(27-15-3)55(31-19-7)67-45-71-59(35-23-11)63-41-47(37-39-61(63)57(33-21-9)69(71)43-65(67)53(49)29-17-5)48-38-40-62-58(34-22-10)70-44-66-54(30-18-6)50(26-14-2)52(28-16-4)56(32-20-8)68(66)46-72(70)60(36-24-12)64(62)42-48/h37-46H,13-36H2,1-12H3. The molecule has 72 heavy (non-hydrogen) atoms. The summed E-state index contributed by atoms with van der Waals surface area (Å²) in [5.74, 6) is 0. The smallest absolute Gasteiger partial charge is 0.0136 e. The molecule has 0 spiro atoms. The molecule has 382 valence electrons. The predicted molar refractivity (Wildman–Crippen MR) is 325 cm³/mol. The van der Waals surface area contributed by atoms with Crippen molar-refractivity contribution in [2.24, 2.45) is 0 Å². The summed E-state index contributed by atoms with van der Waals surface area (Å²) in [4.78, 5) is 0. The van der Waals surface area contributed by atoms with Crippen LogP contribution in [0.5, 0.6) is 0 Å². The minimum Gasteiger partial charge on any atom is -0.0651 e. The molecule has 0 radical (unpaired) electrons. The number of hydrogen-bond donors (Lipinski definition) is 0.